The fraction of sp³-hybridized carbons (Fsp3) is 0.650. The van der Waals surface area contributed by atoms with Gasteiger partial charge in [-0.15, -0.1) is 0 Å². The van der Waals surface area contributed by atoms with Gasteiger partial charge in [0.05, 0.1) is 59.0 Å². The Morgan fingerprint density at radius 1 is 1.03 bits per heavy atom. The van der Waals surface area contributed by atoms with Gasteiger partial charge >= 0.3 is 0 Å². The minimum atomic E-state index is -2.64. The first-order valence-corrected chi connectivity index (χ1v) is 12.4. The zero-order valence-corrected chi connectivity index (χ0v) is 19.9. The van der Waals surface area contributed by atoms with Gasteiger partial charge in [-0.05, 0) is 32.0 Å². The molecule has 1 atom stereocenters. The number of nitrogens with one attached hydrogen (secondary N) is 1. The van der Waals surface area contributed by atoms with E-state index in [9.17, 15) is 9.00 Å². The summed E-state index contributed by atoms with van der Waals surface area (Å²) in [5.74, 6) is 0.147. The summed E-state index contributed by atoms with van der Waals surface area (Å²) in [6.45, 7) is 7.43. The molecule has 0 bridgehead atoms. The quantitative estimate of drug-likeness (QED) is 0.370. The molecule has 172 valence electrons. The number of aryl methyl sites for hydroxylation is 2. The summed E-state index contributed by atoms with van der Waals surface area (Å²) < 4.78 is 32.3. The molecule has 1 aromatic rings. The topological polar surface area (TPSA) is 86.3 Å². The summed E-state index contributed by atoms with van der Waals surface area (Å²) in [5.41, 5.74) is 2.98. The molecular weight excluding hydrogens is 428 g/mol. The van der Waals surface area contributed by atoms with Crippen molar-refractivity contribution in [3.8, 4) is 0 Å². The Balaban J connectivity index is 2.02. The molecule has 8 nitrogen and oxygen atoms in total. The van der Waals surface area contributed by atoms with Crippen LogP contribution in [0.1, 0.15) is 11.1 Å². The Kier molecular flexibility index (Phi) is 13.3. The van der Waals surface area contributed by atoms with Crippen molar-refractivity contribution in [3.05, 3.63) is 29.3 Å². The minimum Gasteiger partial charge on any atom is -0.378 e. The Hall–Kier alpha value is -1.14. The summed E-state index contributed by atoms with van der Waals surface area (Å²) in [4.78, 5) is 14.1. The van der Waals surface area contributed by atoms with Crippen molar-refractivity contribution in [1.82, 2.24) is 4.90 Å². The van der Waals surface area contributed by atoms with Gasteiger partial charge in [0.15, 0.2) is 0 Å². The first-order valence-electron chi connectivity index (χ1n) is 9.81. The van der Waals surface area contributed by atoms with Crippen LogP contribution in [0.25, 0.3) is 0 Å². The van der Waals surface area contributed by atoms with E-state index >= 15 is 0 Å². The zero-order chi connectivity index (χ0) is 22.4. The van der Waals surface area contributed by atoms with Gasteiger partial charge in [-0.2, -0.15) is 0 Å². The van der Waals surface area contributed by atoms with Gasteiger partial charge in [0.1, 0.15) is 8.77 Å². The Bertz CT molecular complexity index is 723. The van der Waals surface area contributed by atoms with E-state index in [1.165, 1.54) is 7.11 Å². The van der Waals surface area contributed by atoms with E-state index in [2.05, 4.69) is 9.50 Å². The zero-order valence-electron chi connectivity index (χ0n) is 18.3. The molecule has 0 fully saturated rings. The monoisotopic (exact) mass is 462 g/mol. The predicted molar refractivity (Wildman–Crippen MR) is 122 cm³/mol. The maximum Gasteiger partial charge on any atom is 0.238 e. The van der Waals surface area contributed by atoms with Crippen LogP contribution in [0, 0.1) is 13.8 Å². The standard InChI is InChI=1S/C20H34N2O6S2/c1-17-6-5-7-18(2)20(17)21-19(23)16-22(3)8-9-26-10-11-27-12-13-28-14-15-30(24,29)25-4/h5-7H,8-16H2,1-4H3,(H,21,23). The number of ether oxygens (including phenoxy) is 3. The van der Waals surface area contributed by atoms with Gasteiger partial charge in [0, 0.05) is 23.4 Å². The molecule has 10 heteroatoms. The lowest BCUT2D eigenvalue weighted by Crippen LogP contribution is -2.33. The summed E-state index contributed by atoms with van der Waals surface area (Å²) in [6.07, 6.45) is 0. The Labute approximate surface area is 185 Å². The fourth-order valence-electron chi connectivity index (χ4n) is 2.52. The molecule has 0 spiro atoms. The second-order valence-corrected chi connectivity index (χ2v) is 10.2. The molecule has 0 saturated carbocycles. The highest BCUT2D eigenvalue weighted by Gasteiger charge is 2.10. The van der Waals surface area contributed by atoms with Crippen molar-refractivity contribution >= 4 is 31.6 Å². The van der Waals surface area contributed by atoms with E-state index in [1.54, 1.807) is 0 Å². The summed E-state index contributed by atoms with van der Waals surface area (Å²) in [7, 11) is 0.568. The predicted octanol–water partition coefficient (Wildman–Crippen LogP) is 1.53. The lowest BCUT2D eigenvalue weighted by Gasteiger charge is -2.17. The van der Waals surface area contributed by atoms with Crippen LogP contribution >= 0.6 is 0 Å². The van der Waals surface area contributed by atoms with Crippen molar-refractivity contribution in [2.75, 3.05) is 78.0 Å². The molecule has 0 aliphatic carbocycles. The number of amides is 1. The van der Waals surface area contributed by atoms with Crippen molar-refractivity contribution < 1.29 is 27.4 Å². The number of carbonyl (C=O) groups is 1. The molecule has 0 radical (unpaired) electrons. The molecule has 1 amide bonds. The molecule has 0 aromatic heterocycles. The molecule has 1 aromatic carbocycles. The van der Waals surface area contributed by atoms with Gasteiger partial charge in [-0.3, -0.25) is 13.9 Å². The van der Waals surface area contributed by atoms with Gasteiger partial charge in [0.2, 0.25) is 5.91 Å². The number of para-hydroxylation sites is 1. The van der Waals surface area contributed by atoms with Gasteiger partial charge in [-0.25, -0.2) is 4.21 Å². The number of likely N-dealkylation sites (N-methyl/N-ethyl adjacent to an activating group) is 1. The summed E-state index contributed by atoms with van der Waals surface area (Å²) >= 11 is 4.74. The van der Waals surface area contributed by atoms with Crippen LogP contribution in [0.3, 0.4) is 0 Å². The summed E-state index contributed by atoms with van der Waals surface area (Å²) in [6, 6.07) is 5.94. The number of anilines is 1. The smallest absolute Gasteiger partial charge is 0.238 e. The molecule has 1 rings (SSSR count). The van der Waals surface area contributed by atoms with Crippen molar-refractivity contribution in [1.29, 1.82) is 0 Å². The number of benzene rings is 1. The first kappa shape index (κ1) is 26.9. The maximum atomic E-state index is 12.2. The van der Waals surface area contributed by atoms with Crippen molar-refractivity contribution in [2.45, 2.75) is 13.8 Å². The van der Waals surface area contributed by atoms with Gasteiger partial charge in [0.25, 0.3) is 0 Å². The average Bonchev–Trinajstić information content (AvgIpc) is 2.69. The fourth-order valence-corrected chi connectivity index (χ4v) is 3.21. The number of nitrogens with zero attached hydrogens (tertiary/aromatic N) is 1. The van der Waals surface area contributed by atoms with E-state index in [4.69, 9.17) is 25.4 Å². The molecule has 0 aliphatic rings. The second kappa shape index (κ2) is 14.8. The highest BCUT2D eigenvalue weighted by molar-refractivity contribution is 8.30. The van der Waals surface area contributed by atoms with Crippen molar-refractivity contribution in [3.63, 3.8) is 0 Å². The van der Waals surface area contributed by atoms with Crippen molar-refractivity contribution in [2.24, 2.45) is 0 Å². The number of hydrogen-bond donors (Lipinski definition) is 1. The maximum absolute atomic E-state index is 12.2. The van der Waals surface area contributed by atoms with Crippen LogP contribution in [0.4, 0.5) is 5.69 Å². The average molecular weight is 463 g/mol. The normalized spacial score (nSPS) is 13.4. The van der Waals surface area contributed by atoms with E-state index in [0.29, 0.717) is 46.1 Å². The van der Waals surface area contributed by atoms with Crippen LogP contribution in [0.15, 0.2) is 18.2 Å². The van der Waals surface area contributed by atoms with E-state index < -0.39 is 8.77 Å². The highest BCUT2D eigenvalue weighted by atomic mass is 32.8. The molecule has 1 unspecified atom stereocenters. The van der Waals surface area contributed by atoms with Crippen LogP contribution in [-0.2, 0) is 43.1 Å². The van der Waals surface area contributed by atoms with Crippen LogP contribution in [-0.4, -0.2) is 87.7 Å². The lowest BCUT2D eigenvalue weighted by molar-refractivity contribution is -0.117. The van der Waals surface area contributed by atoms with Gasteiger partial charge < -0.3 is 19.5 Å². The molecule has 1 N–H and O–H groups in total. The number of rotatable bonds is 16. The molecule has 0 heterocycles. The van der Waals surface area contributed by atoms with E-state index in [1.807, 2.05) is 44.0 Å². The highest BCUT2D eigenvalue weighted by Crippen LogP contribution is 2.19. The van der Waals surface area contributed by atoms with E-state index in [0.717, 1.165) is 16.8 Å². The molecule has 0 saturated heterocycles. The third kappa shape index (κ3) is 11.9. The van der Waals surface area contributed by atoms with Crippen LogP contribution in [0.2, 0.25) is 0 Å². The third-order valence-corrected chi connectivity index (χ3v) is 6.33. The SMILES string of the molecule is COS(=O)(=S)CCOCCOCCOCCN(C)CC(=O)Nc1c(C)cccc1C. The molecule has 30 heavy (non-hydrogen) atoms. The van der Waals surface area contributed by atoms with Gasteiger partial charge in [-0.1, -0.05) is 18.2 Å². The largest absolute Gasteiger partial charge is 0.378 e. The minimum absolute atomic E-state index is 0.0457. The Morgan fingerprint density at radius 3 is 2.13 bits per heavy atom. The molecular formula is C20H34N2O6S2. The molecule has 0 aliphatic heterocycles. The lowest BCUT2D eigenvalue weighted by atomic mass is 10.1. The number of hydrogen-bond acceptors (Lipinski definition) is 8. The van der Waals surface area contributed by atoms with Crippen LogP contribution in [0.5, 0.6) is 0 Å². The van der Waals surface area contributed by atoms with Crippen LogP contribution < -0.4 is 5.32 Å². The number of carbonyl (C=O) groups excluding carboxylic acids is 1. The third-order valence-electron chi connectivity index (χ3n) is 4.25. The Morgan fingerprint density at radius 2 is 1.57 bits per heavy atom. The summed E-state index contributed by atoms with van der Waals surface area (Å²) in [5, 5.41) is 2.98. The van der Waals surface area contributed by atoms with E-state index in [-0.39, 0.29) is 18.3 Å². The first-order chi connectivity index (χ1) is 14.2. The second-order valence-electron chi connectivity index (χ2n) is 6.82.